The van der Waals surface area contributed by atoms with Gasteiger partial charge in [0.2, 0.25) is 0 Å². The van der Waals surface area contributed by atoms with Crippen LogP contribution < -0.4 is 4.74 Å². The van der Waals surface area contributed by atoms with Gasteiger partial charge >= 0.3 is 0 Å². The van der Waals surface area contributed by atoms with Crippen LogP contribution in [0.5, 0.6) is 5.75 Å². The molecule has 0 unspecified atom stereocenters. The van der Waals surface area contributed by atoms with Gasteiger partial charge in [0.25, 0.3) is 5.24 Å². The maximum atomic E-state index is 11.5. The normalized spacial score (nSPS) is 10.5. The molecule has 0 amide bonds. The van der Waals surface area contributed by atoms with E-state index in [2.05, 4.69) is 0 Å². The first-order valence-corrected chi connectivity index (χ1v) is 5.96. The van der Waals surface area contributed by atoms with E-state index in [4.69, 9.17) is 16.3 Å². The Morgan fingerprint density at radius 1 is 1.24 bits per heavy atom. The lowest BCUT2D eigenvalue weighted by atomic mass is 10.0. The highest BCUT2D eigenvalue weighted by Gasteiger charge is 2.14. The van der Waals surface area contributed by atoms with Gasteiger partial charge in [-0.3, -0.25) is 4.79 Å². The highest BCUT2D eigenvalue weighted by Crippen LogP contribution is 2.29. The predicted molar refractivity (Wildman–Crippen MR) is 69.9 cm³/mol. The Kier molecular flexibility index (Phi) is 3.64. The second kappa shape index (κ2) is 5.19. The van der Waals surface area contributed by atoms with E-state index in [1.807, 2.05) is 37.3 Å². The SMILES string of the molecule is CCCOc1ccc2ccccc2c1C(=O)Cl. The number of rotatable bonds is 4. The lowest BCUT2D eigenvalue weighted by molar-refractivity contribution is 0.107. The molecule has 0 N–H and O–H groups in total. The largest absolute Gasteiger partial charge is 0.493 e. The molecule has 2 aromatic carbocycles. The summed E-state index contributed by atoms with van der Waals surface area (Å²) in [7, 11) is 0. The van der Waals surface area contributed by atoms with Gasteiger partial charge in [-0.1, -0.05) is 37.3 Å². The van der Waals surface area contributed by atoms with E-state index in [-0.39, 0.29) is 0 Å². The van der Waals surface area contributed by atoms with E-state index in [0.29, 0.717) is 17.9 Å². The van der Waals surface area contributed by atoms with Crippen molar-refractivity contribution in [3.8, 4) is 5.75 Å². The fourth-order valence-corrected chi connectivity index (χ4v) is 1.98. The zero-order valence-electron chi connectivity index (χ0n) is 9.57. The minimum Gasteiger partial charge on any atom is -0.493 e. The van der Waals surface area contributed by atoms with Gasteiger partial charge in [0.15, 0.2) is 0 Å². The van der Waals surface area contributed by atoms with Crippen molar-refractivity contribution in [2.45, 2.75) is 13.3 Å². The van der Waals surface area contributed by atoms with Crippen molar-refractivity contribution in [2.75, 3.05) is 6.61 Å². The molecule has 0 aliphatic carbocycles. The van der Waals surface area contributed by atoms with Crippen molar-refractivity contribution in [2.24, 2.45) is 0 Å². The molecule has 0 fully saturated rings. The lowest BCUT2D eigenvalue weighted by Gasteiger charge is -2.10. The average Bonchev–Trinajstić information content (AvgIpc) is 2.35. The summed E-state index contributed by atoms with van der Waals surface area (Å²) in [6.45, 7) is 2.60. The Morgan fingerprint density at radius 3 is 2.71 bits per heavy atom. The van der Waals surface area contributed by atoms with Gasteiger partial charge in [0, 0.05) is 0 Å². The molecular formula is C14H13ClO2. The molecule has 0 saturated heterocycles. The first-order chi connectivity index (χ1) is 8.24. The minimum atomic E-state index is -0.479. The fraction of sp³-hybridized carbons (Fsp3) is 0.214. The van der Waals surface area contributed by atoms with Gasteiger partial charge in [-0.15, -0.1) is 0 Å². The van der Waals surface area contributed by atoms with E-state index >= 15 is 0 Å². The lowest BCUT2D eigenvalue weighted by Crippen LogP contribution is -2.01. The highest BCUT2D eigenvalue weighted by molar-refractivity contribution is 6.69. The summed E-state index contributed by atoms with van der Waals surface area (Å²) in [6, 6.07) is 11.4. The maximum absolute atomic E-state index is 11.5. The van der Waals surface area contributed by atoms with Gasteiger partial charge in [0.05, 0.1) is 12.2 Å². The Balaban J connectivity index is 2.60. The number of carbonyl (C=O) groups excluding carboxylic acids is 1. The highest BCUT2D eigenvalue weighted by atomic mass is 35.5. The molecule has 17 heavy (non-hydrogen) atoms. The number of benzene rings is 2. The van der Waals surface area contributed by atoms with Crippen LogP contribution in [0.15, 0.2) is 36.4 Å². The van der Waals surface area contributed by atoms with Crippen LogP contribution in [0.2, 0.25) is 0 Å². The van der Waals surface area contributed by atoms with Crippen molar-refractivity contribution in [1.29, 1.82) is 0 Å². The Labute approximate surface area is 105 Å². The van der Waals surface area contributed by atoms with Crippen molar-refractivity contribution in [3.05, 3.63) is 42.0 Å². The summed E-state index contributed by atoms with van der Waals surface area (Å²) in [5.74, 6) is 0.561. The Morgan fingerprint density at radius 2 is 2.00 bits per heavy atom. The van der Waals surface area contributed by atoms with Crippen molar-refractivity contribution in [1.82, 2.24) is 0 Å². The van der Waals surface area contributed by atoms with Gasteiger partial charge in [-0.2, -0.15) is 0 Å². The number of carbonyl (C=O) groups is 1. The smallest absolute Gasteiger partial charge is 0.256 e. The third kappa shape index (κ3) is 2.42. The van der Waals surface area contributed by atoms with Crippen molar-refractivity contribution in [3.63, 3.8) is 0 Å². The third-order valence-corrected chi connectivity index (χ3v) is 2.74. The molecule has 2 aromatic rings. The van der Waals surface area contributed by atoms with E-state index in [1.54, 1.807) is 6.07 Å². The summed E-state index contributed by atoms with van der Waals surface area (Å²) in [5.41, 5.74) is 0.457. The molecule has 0 heterocycles. The molecule has 88 valence electrons. The summed E-state index contributed by atoms with van der Waals surface area (Å²) < 4.78 is 5.55. The number of halogens is 1. The Hall–Kier alpha value is -1.54. The predicted octanol–water partition coefficient (Wildman–Crippen LogP) is 4.01. The molecular weight excluding hydrogens is 236 g/mol. The molecule has 3 heteroatoms. The van der Waals surface area contributed by atoms with Crippen LogP contribution in [0, 0.1) is 0 Å². The summed E-state index contributed by atoms with van der Waals surface area (Å²) in [4.78, 5) is 11.5. The quantitative estimate of drug-likeness (QED) is 0.765. The molecule has 0 radical (unpaired) electrons. The number of hydrogen-bond donors (Lipinski definition) is 0. The molecule has 0 aliphatic heterocycles. The fourth-order valence-electron chi connectivity index (χ4n) is 1.79. The van der Waals surface area contributed by atoms with Crippen LogP contribution in [-0.4, -0.2) is 11.8 Å². The molecule has 0 bridgehead atoms. The molecule has 0 saturated carbocycles. The summed E-state index contributed by atoms with van der Waals surface area (Å²) in [6.07, 6.45) is 0.892. The second-order valence-corrected chi connectivity index (χ2v) is 4.13. The third-order valence-electron chi connectivity index (χ3n) is 2.55. The number of hydrogen-bond acceptors (Lipinski definition) is 2. The van der Waals surface area contributed by atoms with E-state index in [9.17, 15) is 4.79 Å². The first-order valence-electron chi connectivity index (χ1n) is 5.58. The molecule has 0 aromatic heterocycles. The molecule has 2 nitrogen and oxygen atoms in total. The summed E-state index contributed by atoms with van der Waals surface area (Å²) >= 11 is 5.65. The second-order valence-electron chi connectivity index (χ2n) is 3.78. The topological polar surface area (TPSA) is 26.3 Å². The monoisotopic (exact) mass is 248 g/mol. The molecule has 0 atom stereocenters. The molecule has 2 rings (SSSR count). The molecule has 0 spiro atoms. The standard InChI is InChI=1S/C14H13ClO2/c1-2-9-17-12-8-7-10-5-3-4-6-11(10)13(12)14(15)16/h3-8H,2,9H2,1H3. The number of fused-ring (bicyclic) bond motifs is 1. The average molecular weight is 249 g/mol. The van der Waals surface area contributed by atoms with Gasteiger partial charge < -0.3 is 4.74 Å². The van der Waals surface area contributed by atoms with Crippen molar-refractivity contribution >= 4 is 27.6 Å². The number of ether oxygens (including phenoxy) is 1. The van der Waals surface area contributed by atoms with E-state index in [1.165, 1.54) is 0 Å². The van der Waals surface area contributed by atoms with Crippen LogP contribution in [0.1, 0.15) is 23.7 Å². The van der Waals surface area contributed by atoms with Gasteiger partial charge in [-0.05, 0) is 34.9 Å². The van der Waals surface area contributed by atoms with E-state index < -0.39 is 5.24 Å². The van der Waals surface area contributed by atoms with Gasteiger partial charge in [0.1, 0.15) is 5.75 Å². The maximum Gasteiger partial charge on any atom is 0.256 e. The zero-order chi connectivity index (χ0) is 12.3. The van der Waals surface area contributed by atoms with Gasteiger partial charge in [-0.25, -0.2) is 0 Å². The van der Waals surface area contributed by atoms with Crippen LogP contribution >= 0.6 is 11.6 Å². The van der Waals surface area contributed by atoms with E-state index in [0.717, 1.165) is 17.2 Å². The van der Waals surface area contributed by atoms with Crippen LogP contribution in [0.25, 0.3) is 10.8 Å². The van der Waals surface area contributed by atoms with Crippen LogP contribution in [0.4, 0.5) is 0 Å². The summed E-state index contributed by atoms with van der Waals surface area (Å²) in [5, 5.41) is 1.34. The first kappa shape index (κ1) is 11.9. The van der Waals surface area contributed by atoms with Crippen LogP contribution in [-0.2, 0) is 0 Å². The Bertz CT molecular complexity index is 549. The van der Waals surface area contributed by atoms with Crippen LogP contribution in [0.3, 0.4) is 0 Å². The zero-order valence-corrected chi connectivity index (χ0v) is 10.3. The van der Waals surface area contributed by atoms with Crippen molar-refractivity contribution < 1.29 is 9.53 Å². The minimum absolute atomic E-state index is 0.457. The molecule has 0 aliphatic rings.